The average Bonchev–Trinajstić information content (AvgIpc) is 2.34. The third-order valence-electron chi connectivity index (χ3n) is 2.95. The lowest BCUT2D eigenvalue weighted by Crippen LogP contribution is -2.46. The number of amides is 2. The lowest BCUT2D eigenvalue weighted by molar-refractivity contribution is -0.132. The molecule has 2 heterocycles. The minimum Gasteiger partial charge on any atom is -0.347 e. The highest BCUT2D eigenvalue weighted by Crippen LogP contribution is 2.11. The summed E-state index contributed by atoms with van der Waals surface area (Å²) in [5.41, 5.74) is 0.311. The second-order valence-corrected chi connectivity index (χ2v) is 4.78. The minimum absolute atomic E-state index is 0.0515. The summed E-state index contributed by atoms with van der Waals surface area (Å²) in [6.07, 6.45) is 2.54. The van der Waals surface area contributed by atoms with E-state index in [0.29, 0.717) is 23.7 Å². The average molecular weight is 268 g/mol. The van der Waals surface area contributed by atoms with E-state index < -0.39 is 0 Å². The largest absolute Gasteiger partial charge is 0.347 e. The van der Waals surface area contributed by atoms with Crippen molar-refractivity contribution in [3.8, 4) is 0 Å². The van der Waals surface area contributed by atoms with Gasteiger partial charge in [-0.25, -0.2) is 4.98 Å². The van der Waals surface area contributed by atoms with Crippen LogP contribution in [0.4, 0.5) is 0 Å². The zero-order valence-electron chi connectivity index (χ0n) is 10.0. The van der Waals surface area contributed by atoms with Crippen LogP contribution in [0.3, 0.4) is 0 Å². The molecule has 1 aliphatic heterocycles. The number of pyridine rings is 1. The van der Waals surface area contributed by atoms with Gasteiger partial charge < -0.3 is 10.2 Å². The smallest absolute Gasteiger partial charge is 0.270 e. The van der Waals surface area contributed by atoms with Gasteiger partial charge in [0.2, 0.25) is 5.91 Å². The first-order valence-corrected chi connectivity index (χ1v) is 6.10. The van der Waals surface area contributed by atoms with Crippen molar-refractivity contribution in [1.82, 2.24) is 15.2 Å². The molecule has 18 heavy (non-hydrogen) atoms. The number of hydrogen-bond acceptors (Lipinski definition) is 3. The first-order chi connectivity index (χ1) is 8.56. The van der Waals surface area contributed by atoms with Gasteiger partial charge in [0.25, 0.3) is 5.91 Å². The van der Waals surface area contributed by atoms with E-state index in [9.17, 15) is 9.59 Å². The molecule has 1 fully saturated rings. The number of nitrogens with one attached hydrogen (secondary N) is 1. The molecular formula is C12H14ClN3O2. The Morgan fingerprint density at radius 1 is 1.56 bits per heavy atom. The van der Waals surface area contributed by atoms with Crippen LogP contribution in [0.1, 0.15) is 23.3 Å². The molecule has 5 nitrogen and oxygen atoms in total. The number of carbonyl (C=O) groups excluding carboxylic acids is 2. The molecule has 1 aliphatic rings. The Hall–Kier alpha value is -1.62. The van der Waals surface area contributed by atoms with Crippen LogP contribution >= 0.6 is 11.6 Å². The normalized spacial score (nSPS) is 19.8. The van der Waals surface area contributed by atoms with Gasteiger partial charge in [0, 0.05) is 32.3 Å². The second kappa shape index (κ2) is 5.35. The fourth-order valence-corrected chi connectivity index (χ4v) is 1.95. The molecule has 0 aromatic carbocycles. The van der Waals surface area contributed by atoms with Gasteiger partial charge in [0.05, 0.1) is 5.02 Å². The fourth-order valence-electron chi connectivity index (χ4n) is 1.84. The Bertz CT molecular complexity index is 461. The van der Waals surface area contributed by atoms with Crippen molar-refractivity contribution < 1.29 is 9.59 Å². The van der Waals surface area contributed by atoms with Crippen molar-refractivity contribution >= 4 is 23.4 Å². The Morgan fingerprint density at radius 3 is 2.94 bits per heavy atom. The van der Waals surface area contributed by atoms with Gasteiger partial charge in [-0.15, -0.1) is 0 Å². The molecule has 96 valence electrons. The van der Waals surface area contributed by atoms with Crippen LogP contribution in [0.5, 0.6) is 0 Å². The Balaban J connectivity index is 1.95. The van der Waals surface area contributed by atoms with Crippen molar-refractivity contribution in [1.29, 1.82) is 0 Å². The molecule has 2 amide bonds. The monoisotopic (exact) mass is 267 g/mol. The van der Waals surface area contributed by atoms with Crippen LogP contribution in [0.25, 0.3) is 0 Å². The summed E-state index contributed by atoms with van der Waals surface area (Å²) in [4.78, 5) is 29.0. The Kier molecular flexibility index (Phi) is 3.81. The molecule has 1 aromatic rings. The predicted octanol–water partition coefficient (Wildman–Crippen LogP) is 1.09. The van der Waals surface area contributed by atoms with Crippen molar-refractivity contribution in [2.24, 2.45) is 0 Å². The number of rotatable bonds is 2. The number of likely N-dealkylation sites (tertiary alicyclic amines) is 1. The minimum atomic E-state index is -0.269. The summed E-state index contributed by atoms with van der Waals surface area (Å²) in [5, 5.41) is 3.30. The van der Waals surface area contributed by atoms with E-state index >= 15 is 0 Å². The summed E-state index contributed by atoms with van der Waals surface area (Å²) in [5.74, 6) is -0.218. The van der Waals surface area contributed by atoms with Crippen molar-refractivity contribution in [2.75, 3.05) is 13.6 Å². The lowest BCUT2D eigenvalue weighted by Gasteiger charge is -2.29. The summed E-state index contributed by atoms with van der Waals surface area (Å²) >= 11 is 5.70. The van der Waals surface area contributed by atoms with E-state index in [4.69, 9.17) is 11.6 Å². The maximum atomic E-state index is 11.9. The highest BCUT2D eigenvalue weighted by atomic mass is 35.5. The van der Waals surface area contributed by atoms with E-state index in [1.54, 1.807) is 24.1 Å². The number of hydrogen-bond donors (Lipinski definition) is 1. The third kappa shape index (κ3) is 2.98. The Labute approximate surface area is 110 Å². The van der Waals surface area contributed by atoms with E-state index in [1.165, 1.54) is 6.20 Å². The molecule has 1 atom stereocenters. The number of carbonyl (C=O) groups is 2. The van der Waals surface area contributed by atoms with E-state index in [0.717, 1.165) is 6.42 Å². The molecule has 0 bridgehead atoms. The van der Waals surface area contributed by atoms with Crippen LogP contribution in [0.2, 0.25) is 5.02 Å². The van der Waals surface area contributed by atoms with Gasteiger partial charge in [0.1, 0.15) is 5.69 Å². The molecule has 0 aliphatic carbocycles. The van der Waals surface area contributed by atoms with Crippen molar-refractivity contribution in [3.63, 3.8) is 0 Å². The molecular weight excluding hydrogens is 254 g/mol. The molecule has 2 rings (SSSR count). The van der Waals surface area contributed by atoms with Crippen molar-refractivity contribution in [2.45, 2.75) is 18.9 Å². The SMILES string of the molecule is CN1CCC(NC(=O)c2ccc(Cl)cn2)CC1=O. The van der Waals surface area contributed by atoms with Crippen LogP contribution in [-0.4, -0.2) is 41.3 Å². The van der Waals surface area contributed by atoms with Gasteiger partial charge in [-0.05, 0) is 18.6 Å². The van der Waals surface area contributed by atoms with Crippen molar-refractivity contribution in [3.05, 3.63) is 29.0 Å². The fraction of sp³-hybridized carbons (Fsp3) is 0.417. The standard InChI is InChI=1S/C12H14ClN3O2/c1-16-5-4-9(6-11(16)17)15-12(18)10-3-2-8(13)7-14-10/h2-3,7,9H,4-6H2,1H3,(H,15,18). The lowest BCUT2D eigenvalue weighted by atomic mass is 10.0. The predicted molar refractivity (Wildman–Crippen MR) is 67.4 cm³/mol. The molecule has 6 heteroatoms. The summed E-state index contributed by atoms with van der Waals surface area (Å²) in [7, 11) is 1.77. The number of halogens is 1. The topological polar surface area (TPSA) is 62.3 Å². The molecule has 1 unspecified atom stereocenters. The van der Waals surface area contributed by atoms with Crippen LogP contribution in [0, 0.1) is 0 Å². The van der Waals surface area contributed by atoms with Gasteiger partial charge in [0.15, 0.2) is 0 Å². The second-order valence-electron chi connectivity index (χ2n) is 4.34. The number of nitrogens with zero attached hydrogens (tertiary/aromatic N) is 2. The third-order valence-corrected chi connectivity index (χ3v) is 3.18. The maximum Gasteiger partial charge on any atom is 0.270 e. The number of piperidine rings is 1. The van der Waals surface area contributed by atoms with Gasteiger partial charge in [-0.1, -0.05) is 11.6 Å². The quantitative estimate of drug-likeness (QED) is 0.872. The van der Waals surface area contributed by atoms with Crippen LogP contribution in [0.15, 0.2) is 18.3 Å². The summed E-state index contributed by atoms with van der Waals surface area (Å²) in [6.45, 7) is 0.665. The van der Waals surface area contributed by atoms with E-state index in [-0.39, 0.29) is 17.9 Å². The molecule has 0 spiro atoms. The summed E-state index contributed by atoms with van der Waals surface area (Å²) < 4.78 is 0. The highest BCUT2D eigenvalue weighted by Gasteiger charge is 2.24. The maximum absolute atomic E-state index is 11.9. The number of aromatic nitrogens is 1. The molecule has 1 aromatic heterocycles. The zero-order chi connectivity index (χ0) is 13.1. The molecule has 1 saturated heterocycles. The molecule has 0 radical (unpaired) electrons. The molecule has 0 saturated carbocycles. The van der Waals surface area contributed by atoms with Gasteiger partial charge in [-0.2, -0.15) is 0 Å². The van der Waals surface area contributed by atoms with E-state index in [2.05, 4.69) is 10.3 Å². The van der Waals surface area contributed by atoms with Gasteiger partial charge in [-0.3, -0.25) is 9.59 Å². The van der Waals surface area contributed by atoms with Crippen LogP contribution < -0.4 is 5.32 Å². The summed E-state index contributed by atoms with van der Waals surface area (Å²) in [6, 6.07) is 3.07. The Morgan fingerprint density at radius 2 is 2.33 bits per heavy atom. The first-order valence-electron chi connectivity index (χ1n) is 5.72. The zero-order valence-corrected chi connectivity index (χ0v) is 10.8. The first kappa shape index (κ1) is 12.8. The van der Waals surface area contributed by atoms with Crippen LogP contribution in [-0.2, 0) is 4.79 Å². The molecule has 1 N–H and O–H groups in total. The highest BCUT2D eigenvalue weighted by molar-refractivity contribution is 6.30. The van der Waals surface area contributed by atoms with E-state index in [1.807, 2.05) is 0 Å². The van der Waals surface area contributed by atoms with Gasteiger partial charge >= 0.3 is 0 Å².